The molecule has 1 atom stereocenters. The second kappa shape index (κ2) is 7.33. The molecule has 0 aliphatic heterocycles. The van der Waals surface area contributed by atoms with Crippen LogP contribution in [0.15, 0.2) is 35.4 Å². The molecule has 8 heteroatoms. The predicted molar refractivity (Wildman–Crippen MR) is 94.7 cm³/mol. The van der Waals surface area contributed by atoms with Crippen LogP contribution in [0.1, 0.15) is 29.9 Å². The number of hydrogen-bond donors (Lipinski definition) is 2. The summed E-state index contributed by atoms with van der Waals surface area (Å²) in [5.41, 5.74) is 0.00157. The number of carbonyl (C=O) groups excluding carboxylic acids is 1. The Morgan fingerprint density at radius 1 is 1.30 bits per heavy atom. The van der Waals surface area contributed by atoms with E-state index in [4.69, 9.17) is 6.42 Å². The molecule has 2 heterocycles. The highest BCUT2D eigenvalue weighted by Crippen LogP contribution is 2.17. The van der Waals surface area contributed by atoms with Crippen LogP contribution in [0.2, 0.25) is 0 Å². The molecule has 3 rings (SSSR count). The van der Waals surface area contributed by atoms with Gasteiger partial charge in [0.05, 0.1) is 23.5 Å². The summed E-state index contributed by atoms with van der Waals surface area (Å²) in [5.74, 6) is 0.654. The minimum absolute atomic E-state index is 0.0250. The number of pyridine rings is 1. The van der Waals surface area contributed by atoms with Crippen LogP contribution >= 0.6 is 0 Å². The van der Waals surface area contributed by atoms with Crippen LogP contribution in [0.4, 0.5) is 8.78 Å². The van der Waals surface area contributed by atoms with E-state index in [0.29, 0.717) is 17.5 Å². The fourth-order valence-electron chi connectivity index (χ4n) is 2.57. The number of halogens is 2. The molecule has 0 aliphatic rings. The Balaban J connectivity index is 1.78. The summed E-state index contributed by atoms with van der Waals surface area (Å²) in [7, 11) is 0. The summed E-state index contributed by atoms with van der Waals surface area (Å²) in [4.78, 5) is 34.9. The fraction of sp³-hybridized carbons (Fsp3) is 0.158. The molecule has 0 saturated heterocycles. The minimum atomic E-state index is -0.821. The molecule has 2 aromatic heterocycles. The Hall–Kier alpha value is -3.60. The van der Waals surface area contributed by atoms with E-state index >= 15 is 0 Å². The van der Waals surface area contributed by atoms with E-state index in [2.05, 4.69) is 26.2 Å². The summed E-state index contributed by atoms with van der Waals surface area (Å²) in [6, 6.07) is 2.45. The molecule has 6 nitrogen and oxygen atoms in total. The van der Waals surface area contributed by atoms with Gasteiger partial charge in [0, 0.05) is 29.4 Å². The van der Waals surface area contributed by atoms with Crippen LogP contribution in [-0.4, -0.2) is 20.9 Å². The van der Waals surface area contributed by atoms with E-state index in [1.165, 1.54) is 18.5 Å². The van der Waals surface area contributed by atoms with Gasteiger partial charge >= 0.3 is 0 Å². The van der Waals surface area contributed by atoms with Crippen LogP contribution in [0, 0.1) is 24.0 Å². The third-order valence-corrected chi connectivity index (χ3v) is 3.91. The number of amides is 1. The summed E-state index contributed by atoms with van der Waals surface area (Å²) in [6.45, 7) is 1.68. The standard InChI is InChI=1S/C19H14F2N4O2/c1-3-11-8-22-18(23-9-11)10(2)24-17(26)5-12-4-14-15(21)6-13(20)7-16(14)25-19(12)27/h1,4,6-10H,5H2,2H3,(H,24,26)(H,25,27)/t10-/m0/s1. The quantitative estimate of drug-likeness (QED) is 0.690. The zero-order chi connectivity index (χ0) is 19.6. The third-order valence-electron chi connectivity index (χ3n) is 3.91. The number of terminal acetylenes is 1. The van der Waals surface area contributed by atoms with Gasteiger partial charge in [-0.15, -0.1) is 6.42 Å². The van der Waals surface area contributed by atoms with Crippen LogP contribution < -0.4 is 10.9 Å². The van der Waals surface area contributed by atoms with Crippen molar-refractivity contribution in [3.63, 3.8) is 0 Å². The monoisotopic (exact) mass is 368 g/mol. The topological polar surface area (TPSA) is 87.7 Å². The Bertz CT molecular complexity index is 1120. The first-order valence-electron chi connectivity index (χ1n) is 7.96. The Kier molecular flexibility index (Phi) is 4.94. The van der Waals surface area contributed by atoms with Crippen molar-refractivity contribution >= 4 is 16.8 Å². The number of aromatic nitrogens is 3. The van der Waals surface area contributed by atoms with Gasteiger partial charge in [-0.1, -0.05) is 5.92 Å². The minimum Gasteiger partial charge on any atom is -0.346 e. The normalized spacial score (nSPS) is 11.8. The Morgan fingerprint density at radius 3 is 2.67 bits per heavy atom. The van der Waals surface area contributed by atoms with Crippen LogP contribution in [0.3, 0.4) is 0 Å². The highest BCUT2D eigenvalue weighted by molar-refractivity contribution is 5.83. The van der Waals surface area contributed by atoms with E-state index in [0.717, 1.165) is 6.07 Å². The van der Waals surface area contributed by atoms with Gasteiger partial charge in [-0.2, -0.15) is 0 Å². The van der Waals surface area contributed by atoms with Gasteiger partial charge < -0.3 is 10.3 Å². The van der Waals surface area contributed by atoms with Gasteiger partial charge in [0.15, 0.2) is 0 Å². The summed E-state index contributed by atoms with van der Waals surface area (Å²) >= 11 is 0. The first-order valence-corrected chi connectivity index (χ1v) is 7.96. The summed E-state index contributed by atoms with van der Waals surface area (Å²) in [6.07, 6.45) is 7.87. The number of carbonyl (C=O) groups is 1. The third kappa shape index (κ3) is 3.98. The van der Waals surface area contributed by atoms with Crippen molar-refractivity contribution in [3.8, 4) is 12.3 Å². The lowest BCUT2D eigenvalue weighted by molar-refractivity contribution is -0.121. The number of nitrogens with zero attached hydrogens (tertiary/aromatic N) is 2. The Morgan fingerprint density at radius 2 is 2.00 bits per heavy atom. The van der Waals surface area contributed by atoms with Gasteiger partial charge in [0.25, 0.3) is 5.56 Å². The fourth-order valence-corrected chi connectivity index (χ4v) is 2.57. The van der Waals surface area contributed by atoms with Crippen LogP contribution in [0.25, 0.3) is 10.9 Å². The smallest absolute Gasteiger partial charge is 0.252 e. The van der Waals surface area contributed by atoms with Crippen molar-refractivity contribution in [3.05, 3.63) is 69.5 Å². The molecule has 0 saturated carbocycles. The van der Waals surface area contributed by atoms with Crippen LogP contribution in [-0.2, 0) is 11.2 Å². The molecule has 1 amide bonds. The highest BCUT2D eigenvalue weighted by atomic mass is 19.1. The van der Waals surface area contributed by atoms with Crippen molar-refractivity contribution in [2.45, 2.75) is 19.4 Å². The zero-order valence-corrected chi connectivity index (χ0v) is 14.2. The van der Waals surface area contributed by atoms with Crippen molar-refractivity contribution < 1.29 is 13.6 Å². The van der Waals surface area contributed by atoms with Crippen molar-refractivity contribution in [1.82, 2.24) is 20.3 Å². The van der Waals surface area contributed by atoms with Crippen molar-refractivity contribution in [1.29, 1.82) is 0 Å². The van der Waals surface area contributed by atoms with Crippen LogP contribution in [0.5, 0.6) is 0 Å². The molecule has 0 bridgehead atoms. The summed E-state index contributed by atoms with van der Waals surface area (Å²) < 4.78 is 27.1. The maximum atomic E-state index is 13.9. The molecular formula is C19H14F2N4O2. The predicted octanol–water partition coefficient (Wildman–Crippen LogP) is 2.00. The van der Waals surface area contributed by atoms with E-state index in [1.807, 2.05) is 0 Å². The number of nitrogens with one attached hydrogen (secondary N) is 2. The number of benzene rings is 1. The maximum absolute atomic E-state index is 13.9. The molecule has 0 aliphatic carbocycles. The second-order valence-electron chi connectivity index (χ2n) is 5.91. The average Bonchev–Trinajstić information content (AvgIpc) is 2.62. The Labute approximate surface area is 152 Å². The number of aromatic amines is 1. The highest BCUT2D eigenvalue weighted by Gasteiger charge is 2.15. The molecule has 2 N–H and O–H groups in total. The molecule has 0 radical (unpaired) electrons. The lowest BCUT2D eigenvalue weighted by Gasteiger charge is -2.12. The van der Waals surface area contributed by atoms with E-state index in [-0.39, 0.29) is 22.9 Å². The zero-order valence-electron chi connectivity index (χ0n) is 14.2. The number of fused-ring (bicyclic) bond motifs is 1. The van der Waals surface area contributed by atoms with E-state index in [9.17, 15) is 18.4 Å². The molecule has 136 valence electrons. The lowest BCUT2D eigenvalue weighted by Crippen LogP contribution is -2.31. The average molecular weight is 368 g/mol. The molecule has 0 fully saturated rings. The number of hydrogen-bond acceptors (Lipinski definition) is 4. The lowest BCUT2D eigenvalue weighted by atomic mass is 10.1. The summed E-state index contributed by atoms with van der Waals surface area (Å²) in [5, 5.41) is 2.69. The molecular weight excluding hydrogens is 354 g/mol. The first-order chi connectivity index (χ1) is 12.9. The number of rotatable bonds is 4. The molecule has 1 aromatic carbocycles. The molecule has 0 spiro atoms. The molecule has 27 heavy (non-hydrogen) atoms. The van der Waals surface area contributed by atoms with E-state index < -0.39 is 29.1 Å². The van der Waals surface area contributed by atoms with Gasteiger partial charge in [0.1, 0.15) is 17.5 Å². The van der Waals surface area contributed by atoms with Crippen molar-refractivity contribution in [2.75, 3.05) is 0 Å². The van der Waals surface area contributed by atoms with Gasteiger partial charge in [-0.3, -0.25) is 9.59 Å². The SMILES string of the molecule is C#Cc1cnc([C@H](C)NC(=O)Cc2cc3c(F)cc(F)cc3[nH]c2=O)nc1. The second-order valence-corrected chi connectivity index (χ2v) is 5.91. The largest absolute Gasteiger partial charge is 0.346 e. The molecule has 3 aromatic rings. The van der Waals surface area contributed by atoms with Gasteiger partial charge in [-0.05, 0) is 19.1 Å². The van der Waals surface area contributed by atoms with Crippen molar-refractivity contribution in [2.24, 2.45) is 0 Å². The number of H-pyrrole nitrogens is 1. The maximum Gasteiger partial charge on any atom is 0.252 e. The van der Waals surface area contributed by atoms with Gasteiger partial charge in [-0.25, -0.2) is 18.7 Å². The molecule has 0 unspecified atom stereocenters. The van der Waals surface area contributed by atoms with Gasteiger partial charge in [0.2, 0.25) is 5.91 Å². The first kappa shape index (κ1) is 18.2. The van der Waals surface area contributed by atoms with E-state index in [1.54, 1.807) is 6.92 Å².